The first-order valence-corrected chi connectivity index (χ1v) is 10.4. The zero-order chi connectivity index (χ0) is 23.5. The average molecular weight is 438 g/mol. The third kappa shape index (κ3) is 6.44. The molecule has 0 aliphatic heterocycles. The lowest BCUT2D eigenvalue weighted by Gasteiger charge is -2.21. The van der Waals surface area contributed by atoms with Gasteiger partial charge in [-0.15, -0.1) is 0 Å². The van der Waals surface area contributed by atoms with E-state index in [0.29, 0.717) is 17.3 Å². The van der Waals surface area contributed by atoms with Crippen LogP contribution in [0.3, 0.4) is 0 Å². The van der Waals surface area contributed by atoms with Crippen molar-refractivity contribution in [3.63, 3.8) is 0 Å². The fourth-order valence-corrected chi connectivity index (χ4v) is 2.81. The normalized spacial score (nSPS) is 11.7. The van der Waals surface area contributed by atoms with Crippen LogP contribution in [0.5, 0.6) is 11.8 Å². The summed E-state index contributed by atoms with van der Waals surface area (Å²) in [4.78, 5) is 21.1. The van der Waals surface area contributed by atoms with E-state index in [1.54, 1.807) is 12.1 Å². The minimum absolute atomic E-state index is 0.0672. The van der Waals surface area contributed by atoms with E-state index < -0.39 is 0 Å². The van der Waals surface area contributed by atoms with Crippen LogP contribution in [0.4, 0.5) is 22.1 Å². The van der Waals surface area contributed by atoms with Crippen molar-refractivity contribution < 1.29 is 9.53 Å². The maximum Gasteiger partial charge on any atom is 0.324 e. The molecule has 0 atom stereocenters. The van der Waals surface area contributed by atoms with Gasteiger partial charge in [-0.05, 0) is 39.8 Å². The lowest BCUT2D eigenvalue weighted by molar-refractivity contribution is 0.243. The van der Waals surface area contributed by atoms with Crippen molar-refractivity contribution in [3.8, 4) is 11.8 Å². The summed E-state index contributed by atoms with van der Waals surface area (Å²) in [6.07, 6.45) is 0. The first kappa shape index (κ1) is 23.1. The summed E-state index contributed by atoms with van der Waals surface area (Å²) in [6, 6.07) is 10.7. The van der Waals surface area contributed by atoms with Crippen molar-refractivity contribution in [3.05, 3.63) is 47.8 Å². The number of benzene rings is 1. The number of hydrogen-bond donors (Lipinski definition) is 4. The fraction of sp³-hybridized carbons (Fsp3) is 0.391. The Bertz CT molecular complexity index is 1090. The highest BCUT2D eigenvalue weighted by Gasteiger charge is 2.18. The number of H-pyrrole nitrogens is 1. The summed E-state index contributed by atoms with van der Waals surface area (Å²) in [5.41, 5.74) is 1.75. The van der Waals surface area contributed by atoms with Gasteiger partial charge in [0.1, 0.15) is 11.6 Å². The number of aryl methyl sites for hydroxylation is 1. The monoisotopic (exact) mass is 437 g/mol. The largest absolute Gasteiger partial charge is 0.422 e. The van der Waals surface area contributed by atoms with Gasteiger partial charge >= 0.3 is 12.0 Å². The van der Waals surface area contributed by atoms with Crippen molar-refractivity contribution in [2.45, 2.75) is 59.4 Å². The molecule has 32 heavy (non-hydrogen) atoms. The third-order valence-corrected chi connectivity index (χ3v) is 4.27. The van der Waals surface area contributed by atoms with Crippen molar-refractivity contribution in [1.29, 1.82) is 0 Å². The van der Waals surface area contributed by atoms with Gasteiger partial charge in [0.05, 0.1) is 11.4 Å². The number of carbonyl (C=O) groups is 1. The number of aromatic amines is 1. The zero-order valence-electron chi connectivity index (χ0n) is 19.6. The van der Waals surface area contributed by atoms with Gasteiger partial charge in [0.2, 0.25) is 0 Å². The van der Waals surface area contributed by atoms with Gasteiger partial charge in [0, 0.05) is 28.8 Å². The average Bonchev–Trinajstić information content (AvgIpc) is 3.10. The smallest absolute Gasteiger partial charge is 0.324 e. The molecule has 0 aliphatic rings. The Labute approximate surface area is 188 Å². The summed E-state index contributed by atoms with van der Waals surface area (Å²) >= 11 is 0. The molecule has 170 valence electrons. The lowest BCUT2D eigenvalue weighted by Crippen LogP contribution is -2.43. The standard InChI is InChI=1S/C23H31N7O2/c1-14-12-18(26-19-13-17(29-30-19)22(2,3)4)27-21(24-14)32-16-11-9-8-10-15(16)25-20(31)28-23(5,6)7/h8-13H,1-7H3,(H2,25,28,31)(H2,24,26,27,29,30). The molecule has 0 unspecified atom stereocenters. The molecule has 1 aromatic carbocycles. The molecule has 0 aliphatic carbocycles. The summed E-state index contributed by atoms with van der Waals surface area (Å²) < 4.78 is 5.93. The van der Waals surface area contributed by atoms with Crippen molar-refractivity contribution >= 4 is 23.4 Å². The minimum atomic E-state index is -0.361. The first-order chi connectivity index (χ1) is 14.9. The lowest BCUT2D eigenvalue weighted by atomic mass is 9.92. The Morgan fingerprint density at radius 2 is 1.75 bits per heavy atom. The van der Waals surface area contributed by atoms with Crippen LogP contribution in [-0.2, 0) is 5.41 Å². The van der Waals surface area contributed by atoms with E-state index in [2.05, 4.69) is 56.9 Å². The summed E-state index contributed by atoms with van der Waals surface area (Å²) in [5.74, 6) is 1.72. The van der Waals surface area contributed by atoms with Crippen LogP contribution in [0.25, 0.3) is 0 Å². The zero-order valence-corrected chi connectivity index (χ0v) is 19.6. The second-order valence-corrected chi connectivity index (χ2v) is 9.65. The molecule has 0 saturated carbocycles. The Kier molecular flexibility index (Phi) is 6.38. The molecule has 2 amide bonds. The van der Waals surface area contributed by atoms with Crippen LogP contribution < -0.4 is 20.7 Å². The summed E-state index contributed by atoms with van der Waals surface area (Å²) in [6.45, 7) is 13.9. The predicted octanol–water partition coefficient (Wildman–Crippen LogP) is 5.26. The Morgan fingerprint density at radius 1 is 1.03 bits per heavy atom. The highest BCUT2D eigenvalue weighted by atomic mass is 16.5. The van der Waals surface area contributed by atoms with Gasteiger partial charge in [0.25, 0.3) is 0 Å². The van der Waals surface area contributed by atoms with Crippen molar-refractivity contribution in [2.24, 2.45) is 0 Å². The highest BCUT2D eigenvalue weighted by Crippen LogP contribution is 2.29. The second kappa shape index (κ2) is 8.86. The molecular weight excluding hydrogens is 406 g/mol. The Balaban J connectivity index is 1.78. The molecule has 0 spiro atoms. The minimum Gasteiger partial charge on any atom is -0.422 e. The maximum atomic E-state index is 12.3. The van der Waals surface area contributed by atoms with E-state index in [1.807, 2.05) is 52.0 Å². The number of rotatable bonds is 5. The molecule has 3 rings (SSSR count). The van der Waals surface area contributed by atoms with Crippen LogP contribution in [0.15, 0.2) is 36.4 Å². The molecular formula is C23H31N7O2. The SMILES string of the molecule is Cc1cc(Nc2cc(C(C)(C)C)n[nH]2)nc(Oc2ccccc2NC(=O)NC(C)(C)C)n1. The van der Waals surface area contributed by atoms with Gasteiger partial charge in [-0.1, -0.05) is 32.9 Å². The number of nitrogens with one attached hydrogen (secondary N) is 4. The number of ether oxygens (including phenoxy) is 1. The Hall–Kier alpha value is -3.62. The van der Waals surface area contributed by atoms with Crippen LogP contribution in [0.2, 0.25) is 0 Å². The number of aromatic nitrogens is 4. The molecule has 0 saturated heterocycles. The molecule has 0 fully saturated rings. The second-order valence-electron chi connectivity index (χ2n) is 9.65. The van der Waals surface area contributed by atoms with Crippen molar-refractivity contribution in [1.82, 2.24) is 25.5 Å². The highest BCUT2D eigenvalue weighted by molar-refractivity contribution is 5.91. The van der Waals surface area contributed by atoms with Crippen molar-refractivity contribution in [2.75, 3.05) is 10.6 Å². The number of nitrogens with zero attached hydrogens (tertiary/aromatic N) is 3. The van der Waals surface area contributed by atoms with E-state index in [-0.39, 0.29) is 23.0 Å². The predicted molar refractivity (Wildman–Crippen MR) is 126 cm³/mol. The number of hydrogen-bond acceptors (Lipinski definition) is 6. The van der Waals surface area contributed by atoms with Gasteiger partial charge in [-0.3, -0.25) is 5.10 Å². The summed E-state index contributed by atoms with van der Waals surface area (Å²) in [5, 5.41) is 16.2. The molecule has 0 radical (unpaired) electrons. The molecule has 0 bridgehead atoms. The molecule has 3 aromatic rings. The van der Waals surface area contributed by atoms with Gasteiger partial charge < -0.3 is 20.7 Å². The molecule has 2 aromatic heterocycles. The van der Waals surface area contributed by atoms with E-state index in [4.69, 9.17) is 4.74 Å². The van der Waals surface area contributed by atoms with Crippen LogP contribution in [0, 0.1) is 6.92 Å². The third-order valence-electron chi connectivity index (χ3n) is 4.27. The van der Waals surface area contributed by atoms with Gasteiger partial charge in [-0.2, -0.15) is 10.1 Å². The van der Waals surface area contributed by atoms with E-state index >= 15 is 0 Å². The fourth-order valence-electron chi connectivity index (χ4n) is 2.81. The van der Waals surface area contributed by atoms with Crippen LogP contribution in [0.1, 0.15) is 52.9 Å². The molecule has 9 heteroatoms. The Morgan fingerprint density at radius 3 is 2.41 bits per heavy atom. The van der Waals surface area contributed by atoms with E-state index in [0.717, 1.165) is 17.2 Å². The van der Waals surface area contributed by atoms with Crippen LogP contribution >= 0.6 is 0 Å². The number of anilines is 3. The number of urea groups is 1. The topological polar surface area (TPSA) is 117 Å². The number of carbonyl (C=O) groups excluding carboxylic acids is 1. The molecule has 2 heterocycles. The van der Waals surface area contributed by atoms with Gasteiger partial charge in [0.15, 0.2) is 5.75 Å². The molecule has 4 N–H and O–H groups in total. The maximum absolute atomic E-state index is 12.3. The first-order valence-electron chi connectivity index (χ1n) is 10.4. The van der Waals surface area contributed by atoms with Gasteiger partial charge in [-0.25, -0.2) is 9.78 Å². The van der Waals surface area contributed by atoms with E-state index in [9.17, 15) is 4.79 Å². The van der Waals surface area contributed by atoms with Crippen LogP contribution in [-0.4, -0.2) is 31.7 Å². The molecule has 9 nitrogen and oxygen atoms in total. The quantitative estimate of drug-likeness (QED) is 0.432. The summed E-state index contributed by atoms with van der Waals surface area (Å²) in [7, 11) is 0. The van der Waals surface area contributed by atoms with E-state index in [1.165, 1.54) is 0 Å². The number of para-hydroxylation sites is 2. The number of amides is 2.